The molecule has 2 aromatic heterocycles. The van der Waals surface area contributed by atoms with Crippen molar-refractivity contribution in [1.82, 2.24) is 9.78 Å². The first kappa shape index (κ1) is 20.7. The maximum absolute atomic E-state index is 12.5. The molecule has 0 aliphatic heterocycles. The number of benzene rings is 2. The van der Waals surface area contributed by atoms with Gasteiger partial charge in [-0.25, -0.2) is 9.48 Å². The van der Waals surface area contributed by atoms with Gasteiger partial charge in [-0.2, -0.15) is 5.10 Å². The van der Waals surface area contributed by atoms with Crippen molar-refractivity contribution in [1.29, 1.82) is 0 Å². The van der Waals surface area contributed by atoms with Gasteiger partial charge in [-0.1, -0.05) is 41.9 Å². The number of rotatable bonds is 5. The van der Waals surface area contributed by atoms with E-state index in [0.29, 0.717) is 27.6 Å². The molecule has 2 aromatic carbocycles. The zero-order chi connectivity index (χ0) is 22.1. The largest absolute Gasteiger partial charge is 0.450 e. The standard InChI is InChI=1S/C23H20ClN3O4/c1-13-17-10-7-11-18(24)22(17)31-21(13)23(29)30-12-19(28)25-20-14(2)26-27(15(20)3)16-8-5-4-6-9-16/h4-11H,12H2,1-3H3,(H,25,28). The maximum Gasteiger partial charge on any atom is 0.375 e. The van der Waals surface area contributed by atoms with Gasteiger partial charge in [0.25, 0.3) is 5.91 Å². The fourth-order valence-corrected chi connectivity index (χ4v) is 3.63. The number of esters is 1. The molecule has 4 aromatic rings. The van der Waals surface area contributed by atoms with Gasteiger partial charge in [0, 0.05) is 10.9 Å². The summed E-state index contributed by atoms with van der Waals surface area (Å²) in [7, 11) is 0. The third-order valence-electron chi connectivity index (χ3n) is 4.99. The summed E-state index contributed by atoms with van der Waals surface area (Å²) < 4.78 is 12.5. The number of furan rings is 1. The number of carbonyl (C=O) groups is 2. The molecule has 0 spiro atoms. The molecule has 0 fully saturated rings. The van der Waals surface area contributed by atoms with Crippen molar-refractivity contribution >= 4 is 40.1 Å². The number of amides is 1. The zero-order valence-electron chi connectivity index (χ0n) is 17.2. The van der Waals surface area contributed by atoms with E-state index in [0.717, 1.165) is 16.8 Å². The third-order valence-corrected chi connectivity index (χ3v) is 5.29. The molecule has 1 N–H and O–H groups in total. The number of carbonyl (C=O) groups excluding carboxylic acids is 2. The molecule has 4 rings (SSSR count). The van der Waals surface area contributed by atoms with Gasteiger partial charge in [0.1, 0.15) is 0 Å². The predicted octanol–water partition coefficient (Wildman–Crippen LogP) is 4.99. The fraction of sp³-hybridized carbons (Fsp3) is 0.174. The summed E-state index contributed by atoms with van der Waals surface area (Å²) in [6.45, 7) is 4.94. The summed E-state index contributed by atoms with van der Waals surface area (Å²) in [5.41, 5.74) is 3.91. The van der Waals surface area contributed by atoms with Crippen molar-refractivity contribution in [2.24, 2.45) is 0 Å². The summed E-state index contributed by atoms with van der Waals surface area (Å²) in [5, 5.41) is 8.39. The average Bonchev–Trinajstić information content (AvgIpc) is 3.25. The highest BCUT2D eigenvalue weighted by molar-refractivity contribution is 6.35. The second kappa shape index (κ2) is 8.28. The van der Waals surface area contributed by atoms with E-state index in [1.165, 1.54) is 0 Å². The minimum Gasteiger partial charge on any atom is -0.450 e. The van der Waals surface area contributed by atoms with Crippen LogP contribution in [0, 0.1) is 20.8 Å². The monoisotopic (exact) mass is 437 g/mol. The van der Waals surface area contributed by atoms with E-state index in [1.54, 1.807) is 36.7 Å². The van der Waals surface area contributed by atoms with Crippen LogP contribution in [0.1, 0.15) is 27.5 Å². The quantitative estimate of drug-likeness (QED) is 0.444. The van der Waals surface area contributed by atoms with E-state index in [1.807, 2.05) is 37.3 Å². The second-order valence-electron chi connectivity index (χ2n) is 7.09. The lowest BCUT2D eigenvalue weighted by molar-refractivity contribution is -0.119. The molecular formula is C23H20ClN3O4. The first-order valence-corrected chi connectivity index (χ1v) is 10.0. The lowest BCUT2D eigenvalue weighted by Gasteiger charge is -2.07. The lowest BCUT2D eigenvalue weighted by atomic mass is 10.1. The Labute approximate surface area is 183 Å². The van der Waals surface area contributed by atoms with Crippen molar-refractivity contribution in [2.45, 2.75) is 20.8 Å². The van der Waals surface area contributed by atoms with Crippen LogP contribution < -0.4 is 5.32 Å². The van der Waals surface area contributed by atoms with Gasteiger partial charge in [-0.05, 0) is 39.0 Å². The Morgan fingerprint density at radius 3 is 2.55 bits per heavy atom. The summed E-state index contributed by atoms with van der Waals surface area (Å²) in [6, 6.07) is 14.9. The molecule has 0 saturated heterocycles. The predicted molar refractivity (Wildman–Crippen MR) is 118 cm³/mol. The Morgan fingerprint density at radius 2 is 1.84 bits per heavy atom. The Bertz CT molecular complexity index is 1290. The van der Waals surface area contributed by atoms with Crippen LogP contribution in [0.5, 0.6) is 0 Å². The molecule has 0 atom stereocenters. The number of anilines is 1. The molecule has 0 aliphatic carbocycles. The van der Waals surface area contributed by atoms with Crippen molar-refractivity contribution in [3.63, 3.8) is 0 Å². The number of hydrogen-bond acceptors (Lipinski definition) is 5. The lowest BCUT2D eigenvalue weighted by Crippen LogP contribution is -2.21. The minimum absolute atomic E-state index is 0.0279. The molecule has 0 unspecified atom stereocenters. The number of nitrogens with one attached hydrogen (secondary N) is 1. The van der Waals surface area contributed by atoms with Gasteiger partial charge in [0.15, 0.2) is 12.2 Å². The van der Waals surface area contributed by atoms with Crippen LogP contribution in [0.2, 0.25) is 5.02 Å². The first-order valence-electron chi connectivity index (χ1n) is 9.63. The van der Waals surface area contributed by atoms with Gasteiger partial charge in [-0.15, -0.1) is 0 Å². The number of hydrogen-bond donors (Lipinski definition) is 1. The molecule has 0 bridgehead atoms. The van der Waals surface area contributed by atoms with Crippen molar-refractivity contribution in [3.05, 3.63) is 76.3 Å². The molecular weight excluding hydrogens is 418 g/mol. The number of aryl methyl sites for hydroxylation is 2. The van der Waals surface area contributed by atoms with E-state index in [-0.39, 0.29) is 5.76 Å². The van der Waals surface area contributed by atoms with Crippen molar-refractivity contribution < 1.29 is 18.7 Å². The topological polar surface area (TPSA) is 86.4 Å². The Morgan fingerprint density at radius 1 is 1.10 bits per heavy atom. The van der Waals surface area contributed by atoms with Crippen LogP contribution in [0.25, 0.3) is 16.7 Å². The fourth-order valence-electron chi connectivity index (χ4n) is 3.42. The summed E-state index contributed by atoms with van der Waals surface area (Å²) in [5.74, 6) is -1.17. The van der Waals surface area contributed by atoms with Crippen LogP contribution in [0.4, 0.5) is 5.69 Å². The van der Waals surface area contributed by atoms with E-state index >= 15 is 0 Å². The van der Waals surface area contributed by atoms with Crippen LogP contribution in [-0.4, -0.2) is 28.3 Å². The highest BCUT2D eigenvalue weighted by Crippen LogP contribution is 2.31. The summed E-state index contributed by atoms with van der Waals surface area (Å²) in [4.78, 5) is 24.9. The SMILES string of the molecule is Cc1nn(-c2ccccc2)c(C)c1NC(=O)COC(=O)c1oc2c(Cl)cccc2c1C. The van der Waals surface area contributed by atoms with E-state index in [2.05, 4.69) is 10.4 Å². The first-order chi connectivity index (χ1) is 14.9. The number of ether oxygens (including phenoxy) is 1. The average molecular weight is 438 g/mol. The Balaban J connectivity index is 1.46. The Hall–Kier alpha value is -3.58. The highest BCUT2D eigenvalue weighted by atomic mass is 35.5. The van der Waals surface area contributed by atoms with Gasteiger partial charge < -0.3 is 14.5 Å². The van der Waals surface area contributed by atoms with E-state index in [4.69, 9.17) is 20.8 Å². The van der Waals surface area contributed by atoms with E-state index in [9.17, 15) is 9.59 Å². The second-order valence-corrected chi connectivity index (χ2v) is 7.50. The molecule has 158 valence electrons. The van der Waals surface area contributed by atoms with Crippen molar-refractivity contribution in [3.8, 4) is 5.69 Å². The summed E-state index contributed by atoms with van der Waals surface area (Å²) >= 11 is 6.12. The molecule has 2 heterocycles. The molecule has 7 nitrogen and oxygen atoms in total. The number of nitrogens with zero attached hydrogens (tertiary/aromatic N) is 2. The molecule has 0 saturated carbocycles. The summed E-state index contributed by atoms with van der Waals surface area (Å²) in [6.07, 6.45) is 0. The van der Waals surface area contributed by atoms with Gasteiger partial charge in [0.2, 0.25) is 5.76 Å². The molecule has 8 heteroatoms. The Kier molecular flexibility index (Phi) is 5.52. The maximum atomic E-state index is 12.5. The molecule has 1 amide bonds. The van der Waals surface area contributed by atoms with Crippen molar-refractivity contribution in [2.75, 3.05) is 11.9 Å². The number of para-hydroxylation sites is 2. The molecule has 0 radical (unpaired) electrons. The van der Waals surface area contributed by atoms with Crippen LogP contribution in [0.3, 0.4) is 0 Å². The van der Waals surface area contributed by atoms with Gasteiger partial charge in [-0.3, -0.25) is 4.79 Å². The smallest absolute Gasteiger partial charge is 0.375 e. The van der Waals surface area contributed by atoms with Gasteiger partial charge in [0.05, 0.1) is 27.8 Å². The van der Waals surface area contributed by atoms with Crippen LogP contribution in [-0.2, 0) is 9.53 Å². The van der Waals surface area contributed by atoms with E-state index < -0.39 is 18.5 Å². The third kappa shape index (κ3) is 3.92. The van der Waals surface area contributed by atoms with Crippen LogP contribution in [0.15, 0.2) is 52.9 Å². The number of fused-ring (bicyclic) bond motifs is 1. The molecule has 0 aliphatic rings. The normalized spacial score (nSPS) is 11.0. The number of halogens is 1. The number of aromatic nitrogens is 2. The van der Waals surface area contributed by atoms with Gasteiger partial charge >= 0.3 is 5.97 Å². The molecule has 31 heavy (non-hydrogen) atoms. The van der Waals surface area contributed by atoms with Crippen LogP contribution >= 0.6 is 11.6 Å². The minimum atomic E-state index is -0.728. The highest BCUT2D eigenvalue weighted by Gasteiger charge is 2.22. The zero-order valence-corrected chi connectivity index (χ0v) is 18.0.